The van der Waals surface area contributed by atoms with E-state index >= 15 is 0 Å². The summed E-state index contributed by atoms with van der Waals surface area (Å²) in [5.74, 6) is -0.496. The number of halogens is 4. The molecule has 2 N–H and O–H groups in total. The Morgan fingerprint density at radius 3 is 2.44 bits per heavy atom. The van der Waals surface area contributed by atoms with Gasteiger partial charge in [-0.05, 0) is 62.1 Å². The minimum absolute atomic E-state index is 0.0560. The highest BCUT2D eigenvalue weighted by Gasteiger charge is 2.47. The van der Waals surface area contributed by atoms with E-state index in [1.807, 2.05) is 20.8 Å². The van der Waals surface area contributed by atoms with E-state index in [1.165, 1.54) is 17.0 Å². The van der Waals surface area contributed by atoms with E-state index < -0.39 is 23.1 Å². The first-order valence-corrected chi connectivity index (χ1v) is 12.9. The number of anilines is 1. The first kappa shape index (κ1) is 28.4. The average molecular weight is 560 g/mol. The van der Waals surface area contributed by atoms with Crippen molar-refractivity contribution in [1.29, 1.82) is 5.26 Å². The van der Waals surface area contributed by atoms with E-state index in [0.717, 1.165) is 6.07 Å². The number of Topliss-reactive ketones (excluding diaryl/α,β-unsaturated/α-hetero) is 1. The summed E-state index contributed by atoms with van der Waals surface area (Å²) in [4.78, 5) is 15.0. The van der Waals surface area contributed by atoms with Crippen molar-refractivity contribution in [2.24, 2.45) is 11.1 Å². The van der Waals surface area contributed by atoms with E-state index in [0.29, 0.717) is 36.0 Å². The summed E-state index contributed by atoms with van der Waals surface area (Å²) in [7, 11) is 0. The van der Waals surface area contributed by atoms with Gasteiger partial charge >= 0.3 is 6.18 Å². The van der Waals surface area contributed by atoms with Crippen molar-refractivity contribution in [2.45, 2.75) is 52.6 Å². The van der Waals surface area contributed by atoms with Crippen LogP contribution in [0.15, 0.2) is 59.1 Å². The number of alkyl halides is 3. The summed E-state index contributed by atoms with van der Waals surface area (Å²) >= 11 is 5.94. The zero-order valence-corrected chi connectivity index (χ0v) is 22.8. The molecule has 0 radical (unpaired) electrons. The molecule has 2 aliphatic rings. The second-order valence-corrected chi connectivity index (χ2v) is 10.6. The monoisotopic (exact) mass is 559 g/mol. The molecule has 0 bridgehead atoms. The standard InChI is InChI=1S/C29H29ClF3N3O3/c1-5-38-17-8-10-24(39-6-2)18(12-17)25-19(15-34)27(35)36(22-13-28(3,4)14-23(37)26(22)25)21-9-7-16(30)11-20(21)29(31,32)33/h7-12,25H,5-6,13-14,35H2,1-4H3. The summed E-state index contributed by atoms with van der Waals surface area (Å²) in [6.07, 6.45) is -4.37. The van der Waals surface area contributed by atoms with E-state index in [4.69, 9.17) is 26.8 Å². The maximum Gasteiger partial charge on any atom is 0.418 e. The van der Waals surface area contributed by atoms with Crippen LogP contribution in [0.1, 0.15) is 57.6 Å². The van der Waals surface area contributed by atoms with Gasteiger partial charge in [0.05, 0.1) is 42.0 Å². The lowest BCUT2D eigenvalue weighted by atomic mass is 9.68. The van der Waals surface area contributed by atoms with Crippen LogP contribution in [-0.4, -0.2) is 19.0 Å². The molecule has 0 fully saturated rings. The minimum atomic E-state index is -4.77. The minimum Gasteiger partial charge on any atom is -0.494 e. The van der Waals surface area contributed by atoms with E-state index in [9.17, 15) is 23.2 Å². The quantitative estimate of drug-likeness (QED) is 0.406. The predicted molar refractivity (Wildman–Crippen MR) is 142 cm³/mol. The van der Waals surface area contributed by atoms with Gasteiger partial charge in [-0.3, -0.25) is 9.69 Å². The lowest BCUT2D eigenvalue weighted by Gasteiger charge is -2.44. The summed E-state index contributed by atoms with van der Waals surface area (Å²) in [6.45, 7) is 8.06. The number of carbonyl (C=O) groups is 1. The summed E-state index contributed by atoms with van der Waals surface area (Å²) in [6, 6.07) is 10.6. The average Bonchev–Trinajstić information content (AvgIpc) is 2.84. The summed E-state index contributed by atoms with van der Waals surface area (Å²) in [5, 5.41) is 10.2. The molecule has 0 aromatic heterocycles. The van der Waals surface area contributed by atoms with Crippen LogP contribution in [0.2, 0.25) is 5.02 Å². The Morgan fingerprint density at radius 1 is 1.13 bits per heavy atom. The molecule has 206 valence electrons. The van der Waals surface area contributed by atoms with Gasteiger partial charge < -0.3 is 15.2 Å². The van der Waals surface area contributed by atoms with Crippen molar-refractivity contribution >= 4 is 23.1 Å². The van der Waals surface area contributed by atoms with E-state index in [2.05, 4.69) is 6.07 Å². The van der Waals surface area contributed by atoms with Crippen molar-refractivity contribution < 1.29 is 27.4 Å². The highest BCUT2D eigenvalue weighted by atomic mass is 35.5. The molecule has 6 nitrogen and oxygen atoms in total. The van der Waals surface area contributed by atoms with Gasteiger partial charge in [0, 0.05) is 28.3 Å². The van der Waals surface area contributed by atoms with Crippen LogP contribution in [0, 0.1) is 16.7 Å². The van der Waals surface area contributed by atoms with E-state index in [1.54, 1.807) is 25.1 Å². The number of allylic oxidation sites excluding steroid dienone is 3. The normalized spacial score (nSPS) is 19.1. The highest BCUT2D eigenvalue weighted by Crippen LogP contribution is 2.53. The molecule has 1 aliphatic heterocycles. The molecule has 1 atom stereocenters. The molecule has 2 aromatic carbocycles. The van der Waals surface area contributed by atoms with Crippen LogP contribution >= 0.6 is 11.6 Å². The Bertz CT molecular complexity index is 1420. The van der Waals surface area contributed by atoms with E-state index in [-0.39, 0.29) is 46.3 Å². The van der Waals surface area contributed by atoms with Gasteiger partial charge in [0.1, 0.15) is 17.3 Å². The van der Waals surface area contributed by atoms with Crippen LogP contribution < -0.4 is 20.1 Å². The molecule has 2 aromatic rings. The van der Waals surface area contributed by atoms with Crippen molar-refractivity contribution in [1.82, 2.24) is 0 Å². The lowest BCUT2D eigenvalue weighted by Crippen LogP contribution is -2.42. The Hall–Kier alpha value is -3.64. The fraction of sp³-hybridized carbons (Fsp3) is 0.379. The summed E-state index contributed by atoms with van der Waals surface area (Å²) < 4.78 is 54.2. The van der Waals surface area contributed by atoms with Crippen molar-refractivity contribution in [3.8, 4) is 17.6 Å². The summed E-state index contributed by atoms with van der Waals surface area (Å²) in [5.41, 5.74) is 5.64. The maximum absolute atomic E-state index is 14.2. The first-order valence-electron chi connectivity index (χ1n) is 12.5. The second-order valence-electron chi connectivity index (χ2n) is 10.2. The Balaban J connectivity index is 2.08. The molecule has 0 spiro atoms. The lowest BCUT2D eigenvalue weighted by molar-refractivity contribution is -0.137. The van der Waals surface area contributed by atoms with Gasteiger partial charge in [-0.1, -0.05) is 25.4 Å². The smallest absolute Gasteiger partial charge is 0.418 e. The molecular formula is C29H29ClF3N3O3. The molecule has 0 saturated carbocycles. The number of ether oxygens (including phenoxy) is 2. The number of rotatable bonds is 6. The zero-order valence-electron chi connectivity index (χ0n) is 22.1. The Morgan fingerprint density at radius 2 is 1.82 bits per heavy atom. The highest BCUT2D eigenvalue weighted by molar-refractivity contribution is 6.30. The van der Waals surface area contributed by atoms with Gasteiger partial charge in [0.15, 0.2) is 5.78 Å². The fourth-order valence-corrected chi connectivity index (χ4v) is 5.49. The number of ketones is 1. The largest absolute Gasteiger partial charge is 0.494 e. The van der Waals surface area contributed by atoms with Crippen molar-refractivity contribution in [2.75, 3.05) is 18.1 Å². The number of benzene rings is 2. The molecule has 1 aliphatic carbocycles. The fourth-order valence-electron chi connectivity index (χ4n) is 5.32. The van der Waals surface area contributed by atoms with Crippen LogP contribution in [0.25, 0.3) is 0 Å². The number of nitrogens with zero attached hydrogens (tertiary/aromatic N) is 2. The van der Waals surface area contributed by atoms with Crippen LogP contribution in [0.4, 0.5) is 18.9 Å². The zero-order chi connectivity index (χ0) is 28.7. The van der Waals surface area contributed by atoms with Gasteiger partial charge in [0.2, 0.25) is 0 Å². The maximum atomic E-state index is 14.2. The van der Waals surface area contributed by atoms with Crippen molar-refractivity contribution in [3.05, 3.63) is 75.2 Å². The predicted octanol–water partition coefficient (Wildman–Crippen LogP) is 7.10. The molecule has 10 heteroatoms. The van der Waals surface area contributed by atoms with Crippen LogP contribution in [-0.2, 0) is 11.0 Å². The molecule has 0 amide bonds. The third-order valence-electron chi connectivity index (χ3n) is 6.79. The SMILES string of the molecule is CCOc1ccc(OCC)c(C2C(C#N)=C(N)N(c3ccc(Cl)cc3C(F)(F)F)C3=C2C(=O)CC(C)(C)C3)c1. The van der Waals surface area contributed by atoms with Gasteiger partial charge in [-0.25, -0.2) is 0 Å². The molecule has 39 heavy (non-hydrogen) atoms. The third kappa shape index (κ3) is 5.30. The number of nitrogens with two attached hydrogens (primary N) is 1. The number of hydrogen-bond acceptors (Lipinski definition) is 6. The molecule has 1 unspecified atom stereocenters. The molecule has 0 saturated heterocycles. The number of nitriles is 1. The molecular weight excluding hydrogens is 531 g/mol. The topological polar surface area (TPSA) is 88.6 Å². The van der Waals surface area contributed by atoms with Crippen LogP contribution in [0.5, 0.6) is 11.5 Å². The molecule has 4 rings (SSSR count). The number of hydrogen-bond donors (Lipinski definition) is 1. The van der Waals surface area contributed by atoms with Gasteiger partial charge in [-0.15, -0.1) is 0 Å². The van der Waals surface area contributed by atoms with Crippen LogP contribution in [0.3, 0.4) is 0 Å². The van der Waals surface area contributed by atoms with Gasteiger partial charge in [0.25, 0.3) is 0 Å². The van der Waals surface area contributed by atoms with Gasteiger partial charge in [-0.2, -0.15) is 18.4 Å². The molecule has 1 heterocycles. The second kappa shape index (κ2) is 10.5. The Labute approximate surface area is 230 Å². The van der Waals surface area contributed by atoms with Crippen molar-refractivity contribution in [3.63, 3.8) is 0 Å². The third-order valence-corrected chi connectivity index (χ3v) is 7.02. The number of carbonyl (C=O) groups excluding carboxylic acids is 1. The Kier molecular flexibility index (Phi) is 7.63. The first-order chi connectivity index (χ1) is 18.3.